The maximum absolute atomic E-state index is 12.7. The Kier molecular flexibility index (Phi) is 56.2. The van der Waals surface area contributed by atoms with Gasteiger partial charge < -0.3 is 14.2 Å². The lowest BCUT2D eigenvalue weighted by Crippen LogP contribution is -2.30. The number of esters is 3. The van der Waals surface area contributed by atoms with E-state index in [1.54, 1.807) is 0 Å². The largest absolute Gasteiger partial charge is 0.462 e. The van der Waals surface area contributed by atoms with Crippen LogP contribution in [-0.2, 0) is 28.6 Å². The van der Waals surface area contributed by atoms with Crippen LogP contribution in [-0.4, -0.2) is 37.2 Å². The molecule has 0 saturated carbocycles. The second kappa shape index (κ2) is 57.7. The molecule has 6 nitrogen and oxygen atoms in total. The highest BCUT2D eigenvalue weighted by Gasteiger charge is 2.19. The Labute approximate surface area is 424 Å². The molecule has 402 valence electrons. The Hall–Kier alpha value is -1.85. The van der Waals surface area contributed by atoms with Crippen LogP contribution in [0.25, 0.3) is 0 Å². The maximum Gasteiger partial charge on any atom is 0.306 e. The summed E-state index contributed by atoms with van der Waals surface area (Å²) in [7, 11) is 0. The molecule has 0 aliphatic rings. The van der Waals surface area contributed by atoms with Crippen molar-refractivity contribution < 1.29 is 28.6 Å². The van der Waals surface area contributed by atoms with Crippen molar-refractivity contribution in [1.29, 1.82) is 0 Å². The molecule has 0 amide bonds. The minimum absolute atomic E-state index is 0.0638. The van der Waals surface area contributed by atoms with Gasteiger partial charge in [-0.3, -0.25) is 14.4 Å². The van der Waals surface area contributed by atoms with Crippen LogP contribution in [0.5, 0.6) is 0 Å². The van der Waals surface area contributed by atoms with Crippen molar-refractivity contribution in [2.45, 2.75) is 354 Å². The lowest BCUT2D eigenvalue weighted by Gasteiger charge is -2.18. The van der Waals surface area contributed by atoms with Crippen molar-refractivity contribution in [3.05, 3.63) is 12.2 Å². The summed E-state index contributed by atoms with van der Waals surface area (Å²) in [6.45, 7) is 6.63. The molecule has 0 radical (unpaired) electrons. The molecule has 0 aromatic carbocycles. The molecule has 68 heavy (non-hydrogen) atoms. The van der Waals surface area contributed by atoms with Gasteiger partial charge in [0.25, 0.3) is 0 Å². The third-order valence-corrected chi connectivity index (χ3v) is 14.0. The molecule has 0 aromatic heterocycles. The number of carbonyl (C=O) groups excluding carboxylic acids is 3. The summed E-state index contributed by atoms with van der Waals surface area (Å²) in [5.74, 6) is -0.851. The quantitative estimate of drug-likeness (QED) is 0.0262. The van der Waals surface area contributed by atoms with Gasteiger partial charge in [0.15, 0.2) is 6.10 Å². The summed E-state index contributed by atoms with van der Waals surface area (Å²) in [6.07, 6.45) is 67.0. The highest BCUT2D eigenvalue weighted by molar-refractivity contribution is 5.71. The van der Waals surface area contributed by atoms with E-state index in [4.69, 9.17) is 14.2 Å². The summed E-state index contributed by atoms with van der Waals surface area (Å²) in [4.78, 5) is 37.8. The zero-order chi connectivity index (χ0) is 49.3. The molecule has 0 rings (SSSR count). The van der Waals surface area contributed by atoms with Crippen LogP contribution in [0.15, 0.2) is 12.2 Å². The third kappa shape index (κ3) is 55.1. The highest BCUT2D eigenvalue weighted by Crippen LogP contribution is 2.18. The van der Waals surface area contributed by atoms with Gasteiger partial charge in [0.05, 0.1) is 0 Å². The van der Waals surface area contributed by atoms with E-state index in [9.17, 15) is 14.4 Å². The van der Waals surface area contributed by atoms with Crippen molar-refractivity contribution in [2.24, 2.45) is 0 Å². The number of ether oxygens (including phenoxy) is 3. The molecule has 0 heterocycles. The van der Waals surface area contributed by atoms with Crippen LogP contribution in [0.1, 0.15) is 348 Å². The first-order valence-electron chi connectivity index (χ1n) is 30.7. The fourth-order valence-electron chi connectivity index (χ4n) is 9.38. The summed E-state index contributed by atoms with van der Waals surface area (Å²) in [5.41, 5.74) is 0. The lowest BCUT2D eigenvalue weighted by atomic mass is 10.0. The number of rotatable bonds is 57. The number of hydrogen-bond acceptors (Lipinski definition) is 6. The third-order valence-electron chi connectivity index (χ3n) is 14.0. The SMILES string of the molecule is CCCCCCCCCC/C=C\CCCCCCCCCCCCCCCCCCCCCCCC(=O)OCC(COC(=O)CCCCCCCCCC)OC(=O)CCCCCCCCCCC. The zero-order valence-corrected chi connectivity index (χ0v) is 46.2. The van der Waals surface area contributed by atoms with Crippen LogP contribution >= 0.6 is 0 Å². The topological polar surface area (TPSA) is 78.9 Å². The molecule has 0 bridgehead atoms. The summed E-state index contributed by atoms with van der Waals surface area (Å²) >= 11 is 0. The van der Waals surface area contributed by atoms with Crippen LogP contribution in [0, 0.1) is 0 Å². The smallest absolute Gasteiger partial charge is 0.306 e. The van der Waals surface area contributed by atoms with Crippen LogP contribution in [0.3, 0.4) is 0 Å². The van der Waals surface area contributed by atoms with Gasteiger partial charge in [-0.1, -0.05) is 296 Å². The van der Waals surface area contributed by atoms with Crippen molar-refractivity contribution >= 4 is 17.9 Å². The molecule has 1 unspecified atom stereocenters. The summed E-state index contributed by atoms with van der Waals surface area (Å²) in [6, 6.07) is 0. The maximum atomic E-state index is 12.7. The fraction of sp³-hybridized carbons (Fsp3) is 0.919. The van der Waals surface area contributed by atoms with E-state index in [-0.39, 0.29) is 31.1 Å². The first kappa shape index (κ1) is 66.2. The Morgan fingerprint density at radius 3 is 0.735 bits per heavy atom. The van der Waals surface area contributed by atoms with Gasteiger partial charge in [-0.25, -0.2) is 0 Å². The van der Waals surface area contributed by atoms with Crippen LogP contribution < -0.4 is 0 Å². The molecule has 1 atom stereocenters. The Morgan fingerprint density at radius 2 is 0.485 bits per heavy atom. The van der Waals surface area contributed by atoms with Gasteiger partial charge in [-0.15, -0.1) is 0 Å². The van der Waals surface area contributed by atoms with Crippen LogP contribution in [0.4, 0.5) is 0 Å². The second-order valence-electron chi connectivity index (χ2n) is 21.0. The Balaban J connectivity index is 3.85. The number of carbonyl (C=O) groups is 3. The van der Waals surface area contributed by atoms with Gasteiger partial charge in [-0.2, -0.15) is 0 Å². The molecule has 0 aliphatic carbocycles. The zero-order valence-electron chi connectivity index (χ0n) is 46.2. The number of hydrogen-bond donors (Lipinski definition) is 0. The van der Waals surface area contributed by atoms with E-state index in [2.05, 4.69) is 32.9 Å². The first-order chi connectivity index (χ1) is 33.5. The van der Waals surface area contributed by atoms with Gasteiger partial charge in [-0.05, 0) is 44.9 Å². The van der Waals surface area contributed by atoms with E-state index in [0.29, 0.717) is 19.3 Å². The number of allylic oxidation sites excluding steroid dienone is 2. The van der Waals surface area contributed by atoms with Gasteiger partial charge in [0, 0.05) is 19.3 Å². The van der Waals surface area contributed by atoms with Crippen molar-refractivity contribution in [1.82, 2.24) is 0 Å². The predicted molar refractivity (Wildman–Crippen MR) is 293 cm³/mol. The summed E-state index contributed by atoms with van der Waals surface area (Å²) in [5, 5.41) is 0. The van der Waals surface area contributed by atoms with E-state index in [1.807, 2.05) is 0 Å². The first-order valence-corrected chi connectivity index (χ1v) is 30.7. The van der Waals surface area contributed by atoms with Gasteiger partial charge in [0.2, 0.25) is 0 Å². The van der Waals surface area contributed by atoms with E-state index in [1.165, 1.54) is 250 Å². The minimum Gasteiger partial charge on any atom is -0.462 e. The Morgan fingerprint density at radius 1 is 0.279 bits per heavy atom. The minimum atomic E-state index is -0.760. The molecule has 0 saturated heterocycles. The fourth-order valence-corrected chi connectivity index (χ4v) is 9.38. The summed E-state index contributed by atoms with van der Waals surface area (Å²) < 4.78 is 16.8. The monoisotopic (exact) mass is 959 g/mol. The van der Waals surface area contributed by atoms with Crippen molar-refractivity contribution in [3.8, 4) is 0 Å². The normalized spacial score (nSPS) is 12.0. The molecule has 0 fully saturated rings. The van der Waals surface area contributed by atoms with E-state index in [0.717, 1.165) is 57.8 Å². The van der Waals surface area contributed by atoms with Crippen molar-refractivity contribution in [3.63, 3.8) is 0 Å². The molecule has 0 spiro atoms. The second-order valence-corrected chi connectivity index (χ2v) is 21.0. The van der Waals surface area contributed by atoms with Crippen LogP contribution in [0.2, 0.25) is 0 Å². The molecular weight excluding hydrogens is 841 g/mol. The molecule has 0 N–H and O–H groups in total. The molecular formula is C62H118O6. The average molecular weight is 960 g/mol. The standard InChI is InChI=1S/C62H118O6/c1-4-7-10-13-16-19-20-21-22-23-24-25-26-27-28-29-30-31-32-33-34-35-36-37-38-39-40-41-42-44-46-49-52-55-61(64)67-58-59(57-66-60(63)54-51-48-45-18-15-12-9-6-3)68-62(65)56-53-50-47-43-17-14-11-8-5-2/h23-24,59H,4-22,25-58H2,1-3H3/b24-23-. The predicted octanol–water partition coefficient (Wildman–Crippen LogP) is 20.5. The molecule has 6 heteroatoms. The average Bonchev–Trinajstić information content (AvgIpc) is 3.34. The Bertz CT molecular complexity index is 1060. The van der Waals surface area contributed by atoms with Gasteiger partial charge in [0.1, 0.15) is 13.2 Å². The number of unbranched alkanes of at least 4 members (excludes halogenated alkanes) is 44. The van der Waals surface area contributed by atoms with E-state index < -0.39 is 6.10 Å². The molecule has 0 aliphatic heterocycles. The van der Waals surface area contributed by atoms with E-state index >= 15 is 0 Å². The lowest BCUT2D eigenvalue weighted by molar-refractivity contribution is -0.167. The highest BCUT2D eigenvalue weighted by atomic mass is 16.6. The van der Waals surface area contributed by atoms with Gasteiger partial charge >= 0.3 is 17.9 Å². The molecule has 0 aromatic rings. The van der Waals surface area contributed by atoms with Crippen molar-refractivity contribution in [2.75, 3.05) is 13.2 Å².